The quantitative estimate of drug-likeness (QED) is 0.481. The van der Waals surface area contributed by atoms with Crippen LogP contribution in [0.4, 0.5) is 4.79 Å². The number of nitrogens with zero attached hydrogens (tertiary/aromatic N) is 1. The van der Waals surface area contributed by atoms with E-state index in [1.54, 1.807) is 25.7 Å². The van der Waals surface area contributed by atoms with Crippen LogP contribution in [0, 0.1) is 5.92 Å². The molecule has 1 saturated heterocycles. The van der Waals surface area contributed by atoms with Gasteiger partial charge in [0.15, 0.2) is 5.78 Å². The van der Waals surface area contributed by atoms with E-state index in [1.807, 2.05) is 0 Å². The molecule has 0 spiro atoms. The molecule has 0 aromatic carbocycles. The molecule has 0 bridgehead atoms. The topological polar surface area (TPSA) is 64.8 Å². The summed E-state index contributed by atoms with van der Waals surface area (Å²) in [6, 6.07) is -0.0823. The van der Waals surface area contributed by atoms with Crippen molar-refractivity contribution in [2.24, 2.45) is 5.92 Å². The van der Waals surface area contributed by atoms with E-state index < -0.39 is 19.5 Å². The Bertz CT molecular complexity index is 428. The summed E-state index contributed by atoms with van der Waals surface area (Å²) >= 11 is 0. The summed E-state index contributed by atoms with van der Waals surface area (Å²) in [6.45, 7) is 6.28. The molecular formula is C16H30NO5P. The van der Waals surface area contributed by atoms with Gasteiger partial charge in [0.05, 0.1) is 25.9 Å². The molecule has 6 nitrogen and oxygen atoms in total. The van der Waals surface area contributed by atoms with Crippen LogP contribution in [-0.4, -0.2) is 42.6 Å². The normalized spacial score (nSPS) is 25.4. The third-order valence-electron chi connectivity index (χ3n) is 4.62. The Hall–Kier alpha value is -0.580. The summed E-state index contributed by atoms with van der Waals surface area (Å²) in [4.78, 5) is 13.8. The average molecular weight is 347 g/mol. The molecule has 1 saturated carbocycles. The van der Waals surface area contributed by atoms with Crippen LogP contribution in [-0.2, 0) is 18.3 Å². The van der Waals surface area contributed by atoms with E-state index in [9.17, 15) is 9.36 Å². The van der Waals surface area contributed by atoms with Crippen LogP contribution in [0.5, 0.6) is 0 Å². The maximum Gasteiger partial charge on any atom is 0.410 e. The lowest BCUT2D eigenvalue weighted by Gasteiger charge is -2.21. The van der Waals surface area contributed by atoms with E-state index in [0.717, 1.165) is 6.42 Å². The first-order valence-corrected chi connectivity index (χ1v) is 10.5. The summed E-state index contributed by atoms with van der Waals surface area (Å²) in [5.41, 5.74) is 0. The van der Waals surface area contributed by atoms with Gasteiger partial charge in [0.1, 0.15) is 0 Å². The monoisotopic (exact) mass is 347 g/mol. The molecule has 2 fully saturated rings. The van der Waals surface area contributed by atoms with E-state index >= 15 is 0 Å². The number of hydrogen-bond acceptors (Lipinski definition) is 5. The highest BCUT2D eigenvalue weighted by atomic mass is 31.2. The second-order valence-corrected chi connectivity index (χ2v) is 8.33. The fraction of sp³-hybridized carbons (Fsp3) is 0.938. The van der Waals surface area contributed by atoms with E-state index in [0.29, 0.717) is 25.7 Å². The maximum atomic E-state index is 13.1. The lowest BCUT2D eigenvalue weighted by Crippen LogP contribution is -2.18. The first-order chi connectivity index (χ1) is 11.1. The largest absolute Gasteiger partial charge is 0.450 e. The standard InChI is InChI=1S/C16H30NO5P/c1-4-20-16(18)17-14(12-13-10-8-7-9-11-13)15(17)23(19,21-5-2)22-6-3/h13-15H,4-12H2,1-3H3. The molecule has 0 aromatic rings. The maximum absolute atomic E-state index is 13.1. The molecular weight excluding hydrogens is 317 g/mol. The van der Waals surface area contributed by atoms with Crippen molar-refractivity contribution >= 4 is 13.7 Å². The van der Waals surface area contributed by atoms with Gasteiger partial charge in [-0.05, 0) is 33.1 Å². The molecule has 23 heavy (non-hydrogen) atoms. The SMILES string of the molecule is CCOC(=O)N1C(CC2CCCCC2)C1P(=O)(OCC)OCC. The number of hydrogen-bond donors (Lipinski definition) is 0. The van der Waals surface area contributed by atoms with Gasteiger partial charge in [-0.2, -0.15) is 0 Å². The van der Waals surface area contributed by atoms with Crippen LogP contribution in [0.15, 0.2) is 0 Å². The molecule has 1 aliphatic carbocycles. The lowest BCUT2D eigenvalue weighted by molar-refractivity contribution is 0.130. The molecule has 134 valence electrons. The van der Waals surface area contributed by atoms with Gasteiger partial charge < -0.3 is 13.8 Å². The van der Waals surface area contributed by atoms with E-state index in [4.69, 9.17) is 13.8 Å². The van der Waals surface area contributed by atoms with Gasteiger partial charge in [0.2, 0.25) is 0 Å². The van der Waals surface area contributed by atoms with Gasteiger partial charge in [0, 0.05) is 0 Å². The van der Waals surface area contributed by atoms with Gasteiger partial charge in [-0.15, -0.1) is 0 Å². The summed E-state index contributed by atoms with van der Waals surface area (Å²) in [7, 11) is -3.31. The highest BCUT2D eigenvalue weighted by Gasteiger charge is 2.63. The Balaban J connectivity index is 2.09. The van der Waals surface area contributed by atoms with Crippen molar-refractivity contribution in [1.29, 1.82) is 0 Å². The fourth-order valence-corrected chi connectivity index (χ4v) is 5.90. The van der Waals surface area contributed by atoms with Gasteiger partial charge in [-0.25, -0.2) is 4.79 Å². The highest BCUT2D eigenvalue weighted by molar-refractivity contribution is 7.55. The molecule has 7 heteroatoms. The molecule has 2 rings (SSSR count). The van der Waals surface area contributed by atoms with Crippen molar-refractivity contribution in [2.45, 2.75) is 71.1 Å². The zero-order valence-corrected chi connectivity index (χ0v) is 15.4. The molecule has 1 amide bonds. The van der Waals surface area contributed by atoms with Gasteiger partial charge in [0.25, 0.3) is 0 Å². The molecule has 0 aromatic heterocycles. The number of carbonyl (C=O) groups is 1. The molecule has 2 atom stereocenters. The van der Waals surface area contributed by atoms with Crippen LogP contribution in [0.2, 0.25) is 0 Å². The number of carbonyl (C=O) groups excluding carboxylic acids is 1. The zero-order chi connectivity index (χ0) is 16.9. The highest BCUT2D eigenvalue weighted by Crippen LogP contribution is 2.64. The van der Waals surface area contributed by atoms with E-state index in [-0.39, 0.29) is 6.04 Å². The first kappa shape index (κ1) is 18.8. The Labute approximate surface area is 139 Å². The number of amides is 1. The molecule has 0 radical (unpaired) electrons. The summed E-state index contributed by atoms with van der Waals surface area (Å²) < 4.78 is 29.1. The third-order valence-corrected chi connectivity index (χ3v) is 7.09. The lowest BCUT2D eigenvalue weighted by atomic mass is 9.86. The Morgan fingerprint density at radius 1 is 1.04 bits per heavy atom. The van der Waals surface area contributed by atoms with Crippen LogP contribution in [0.25, 0.3) is 0 Å². The summed E-state index contributed by atoms with van der Waals surface area (Å²) in [6.07, 6.45) is 6.63. The average Bonchev–Trinajstić information content (AvgIpc) is 3.24. The Kier molecular flexibility index (Phi) is 6.93. The zero-order valence-electron chi connectivity index (χ0n) is 14.5. The van der Waals surface area contributed by atoms with Crippen molar-refractivity contribution in [1.82, 2.24) is 4.90 Å². The fourth-order valence-electron chi connectivity index (χ4n) is 3.62. The summed E-state index contributed by atoms with van der Waals surface area (Å²) in [5.74, 6) is 0.107. The van der Waals surface area contributed by atoms with Crippen molar-refractivity contribution < 1.29 is 23.1 Å². The van der Waals surface area contributed by atoms with Gasteiger partial charge >= 0.3 is 13.7 Å². The molecule has 2 unspecified atom stereocenters. The number of rotatable bonds is 8. The predicted octanol–water partition coefficient (Wildman–Crippen LogP) is 4.39. The van der Waals surface area contributed by atoms with Crippen molar-refractivity contribution in [3.05, 3.63) is 0 Å². The minimum absolute atomic E-state index is 0.0823. The predicted molar refractivity (Wildman–Crippen MR) is 88.5 cm³/mol. The van der Waals surface area contributed by atoms with Crippen molar-refractivity contribution in [3.63, 3.8) is 0 Å². The Morgan fingerprint density at radius 2 is 1.65 bits per heavy atom. The minimum Gasteiger partial charge on any atom is -0.450 e. The van der Waals surface area contributed by atoms with Crippen LogP contribution >= 0.6 is 7.60 Å². The van der Waals surface area contributed by atoms with Crippen molar-refractivity contribution in [3.8, 4) is 0 Å². The smallest absolute Gasteiger partial charge is 0.410 e. The first-order valence-electron chi connectivity index (χ1n) is 8.91. The second-order valence-electron chi connectivity index (χ2n) is 6.20. The van der Waals surface area contributed by atoms with Crippen LogP contribution in [0.1, 0.15) is 59.3 Å². The van der Waals surface area contributed by atoms with Crippen LogP contribution in [0.3, 0.4) is 0 Å². The van der Waals surface area contributed by atoms with E-state index in [2.05, 4.69) is 0 Å². The molecule has 1 aliphatic heterocycles. The third kappa shape index (κ3) is 4.49. The summed E-state index contributed by atoms with van der Waals surface area (Å²) in [5, 5.41) is 0. The molecule has 2 aliphatic rings. The Morgan fingerprint density at radius 3 is 2.17 bits per heavy atom. The molecule has 1 heterocycles. The van der Waals surface area contributed by atoms with Gasteiger partial charge in [-0.3, -0.25) is 9.46 Å². The van der Waals surface area contributed by atoms with Crippen molar-refractivity contribution in [2.75, 3.05) is 19.8 Å². The minimum atomic E-state index is -3.31. The second kappa shape index (κ2) is 8.50. The molecule has 0 N–H and O–H groups in total. The number of ether oxygens (including phenoxy) is 1. The van der Waals surface area contributed by atoms with Crippen LogP contribution < -0.4 is 0 Å². The van der Waals surface area contributed by atoms with E-state index in [1.165, 1.54) is 32.1 Å². The van der Waals surface area contributed by atoms with Gasteiger partial charge in [-0.1, -0.05) is 32.1 Å².